The van der Waals surface area contributed by atoms with E-state index in [-0.39, 0.29) is 11.9 Å². The zero-order valence-corrected chi connectivity index (χ0v) is 12.0. The Bertz CT molecular complexity index is 204. The molecule has 0 fully saturated rings. The summed E-state index contributed by atoms with van der Waals surface area (Å²) in [6.45, 7) is 9.29. The average molecular weight is 242 g/mol. The molecule has 0 aromatic heterocycles. The molecule has 0 spiro atoms. The van der Waals surface area contributed by atoms with Gasteiger partial charge in [-0.3, -0.25) is 4.79 Å². The van der Waals surface area contributed by atoms with Gasteiger partial charge in [-0.1, -0.05) is 47.0 Å². The molecular weight excluding hydrogens is 212 g/mol. The molecule has 0 saturated carbocycles. The molecule has 3 N–H and O–H groups in total. The predicted octanol–water partition coefficient (Wildman–Crippen LogP) is 2.69. The number of nitrogens with one attached hydrogen (secondary N) is 1. The van der Waals surface area contributed by atoms with Crippen molar-refractivity contribution in [3.8, 4) is 0 Å². The lowest BCUT2D eigenvalue weighted by Crippen LogP contribution is -2.36. The van der Waals surface area contributed by atoms with Crippen LogP contribution in [0.25, 0.3) is 0 Å². The van der Waals surface area contributed by atoms with Gasteiger partial charge in [0.25, 0.3) is 0 Å². The van der Waals surface area contributed by atoms with Crippen molar-refractivity contribution >= 4 is 5.91 Å². The van der Waals surface area contributed by atoms with Gasteiger partial charge in [-0.05, 0) is 18.3 Å². The first-order valence-electron chi connectivity index (χ1n) is 7.03. The first kappa shape index (κ1) is 16.4. The fraction of sp³-hybridized carbons (Fsp3) is 0.929. The molecule has 0 heterocycles. The summed E-state index contributed by atoms with van der Waals surface area (Å²) in [6.07, 6.45) is 5.27. The van der Waals surface area contributed by atoms with E-state index in [0.717, 1.165) is 13.0 Å². The SMILES string of the molecule is CCCCC(CC)CNC(=O)CC(N)C(C)C. The Kier molecular flexibility index (Phi) is 9.14. The van der Waals surface area contributed by atoms with Gasteiger partial charge >= 0.3 is 0 Å². The van der Waals surface area contributed by atoms with Gasteiger partial charge in [-0.15, -0.1) is 0 Å². The third-order valence-electron chi connectivity index (χ3n) is 3.41. The zero-order chi connectivity index (χ0) is 13.3. The monoisotopic (exact) mass is 242 g/mol. The summed E-state index contributed by atoms with van der Waals surface area (Å²) in [5, 5.41) is 3.01. The van der Waals surface area contributed by atoms with Gasteiger partial charge < -0.3 is 11.1 Å². The van der Waals surface area contributed by atoms with Gasteiger partial charge in [0.1, 0.15) is 0 Å². The third kappa shape index (κ3) is 8.19. The van der Waals surface area contributed by atoms with Crippen molar-refractivity contribution in [1.29, 1.82) is 0 Å². The van der Waals surface area contributed by atoms with E-state index < -0.39 is 0 Å². The molecule has 3 heteroatoms. The van der Waals surface area contributed by atoms with Crippen LogP contribution in [0.1, 0.15) is 59.8 Å². The summed E-state index contributed by atoms with van der Waals surface area (Å²) >= 11 is 0. The number of nitrogens with two attached hydrogens (primary N) is 1. The fourth-order valence-electron chi connectivity index (χ4n) is 1.72. The minimum Gasteiger partial charge on any atom is -0.356 e. The first-order chi connectivity index (χ1) is 8.01. The Morgan fingerprint density at radius 1 is 1.29 bits per heavy atom. The second-order valence-corrected chi connectivity index (χ2v) is 5.33. The van der Waals surface area contributed by atoms with Crippen LogP contribution >= 0.6 is 0 Å². The normalized spacial score (nSPS) is 14.7. The molecule has 3 nitrogen and oxygen atoms in total. The molecule has 2 atom stereocenters. The van der Waals surface area contributed by atoms with Crippen LogP contribution < -0.4 is 11.1 Å². The van der Waals surface area contributed by atoms with Crippen LogP contribution in [0.3, 0.4) is 0 Å². The molecular formula is C14H30N2O. The maximum absolute atomic E-state index is 11.7. The maximum Gasteiger partial charge on any atom is 0.221 e. The Labute approximate surface area is 107 Å². The van der Waals surface area contributed by atoms with Crippen molar-refractivity contribution in [1.82, 2.24) is 5.32 Å². The minimum atomic E-state index is -0.0225. The molecule has 102 valence electrons. The highest BCUT2D eigenvalue weighted by atomic mass is 16.1. The van der Waals surface area contributed by atoms with E-state index in [1.807, 2.05) is 13.8 Å². The van der Waals surface area contributed by atoms with Crippen LogP contribution in [-0.4, -0.2) is 18.5 Å². The highest BCUT2D eigenvalue weighted by molar-refractivity contribution is 5.76. The predicted molar refractivity (Wildman–Crippen MR) is 73.7 cm³/mol. The van der Waals surface area contributed by atoms with Gasteiger partial charge in [0.15, 0.2) is 0 Å². The van der Waals surface area contributed by atoms with Gasteiger partial charge in [0.2, 0.25) is 5.91 Å². The Morgan fingerprint density at radius 2 is 1.94 bits per heavy atom. The quantitative estimate of drug-likeness (QED) is 0.653. The number of unbranched alkanes of at least 4 members (excludes halogenated alkanes) is 1. The fourth-order valence-corrected chi connectivity index (χ4v) is 1.72. The second-order valence-electron chi connectivity index (χ2n) is 5.33. The van der Waals surface area contributed by atoms with Crippen molar-refractivity contribution in [2.24, 2.45) is 17.6 Å². The van der Waals surface area contributed by atoms with Crippen LogP contribution in [0.2, 0.25) is 0 Å². The van der Waals surface area contributed by atoms with E-state index >= 15 is 0 Å². The standard InChI is InChI=1S/C14H30N2O/c1-5-7-8-12(6-2)10-16-14(17)9-13(15)11(3)4/h11-13H,5-10,15H2,1-4H3,(H,16,17). The van der Waals surface area contributed by atoms with Gasteiger partial charge in [-0.2, -0.15) is 0 Å². The summed E-state index contributed by atoms with van der Waals surface area (Å²) in [7, 11) is 0. The summed E-state index contributed by atoms with van der Waals surface area (Å²) in [5.41, 5.74) is 5.88. The largest absolute Gasteiger partial charge is 0.356 e. The molecule has 0 aliphatic rings. The topological polar surface area (TPSA) is 55.1 Å². The number of amides is 1. The van der Waals surface area contributed by atoms with E-state index in [0.29, 0.717) is 18.3 Å². The number of carbonyl (C=O) groups is 1. The van der Waals surface area contributed by atoms with Crippen molar-refractivity contribution < 1.29 is 4.79 Å². The van der Waals surface area contributed by atoms with E-state index in [1.54, 1.807) is 0 Å². The van der Waals surface area contributed by atoms with Gasteiger partial charge in [0, 0.05) is 19.0 Å². The van der Waals surface area contributed by atoms with Crippen molar-refractivity contribution in [2.75, 3.05) is 6.54 Å². The van der Waals surface area contributed by atoms with Crippen LogP contribution in [0.4, 0.5) is 0 Å². The Balaban J connectivity index is 3.80. The van der Waals surface area contributed by atoms with E-state index in [4.69, 9.17) is 5.73 Å². The highest BCUT2D eigenvalue weighted by Crippen LogP contribution is 2.11. The Hall–Kier alpha value is -0.570. The van der Waals surface area contributed by atoms with E-state index in [9.17, 15) is 4.79 Å². The molecule has 0 aliphatic carbocycles. The molecule has 2 unspecified atom stereocenters. The lowest BCUT2D eigenvalue weighted by Gasteiger charge is -2.18. The molecule has 0 saturated heterocycles. The molecule has 0 radical (unpaired) electrons. The molecule has 0 aromatic carbocycles. The number of hydrogen-bond acceptors (Lipinski definition) is 2. The molecule has 0 aliphatic heterocycles. The highest BCUT2D eigenvalue weighted by Gasteiger charge is 2.14. The minimum absolute atomic E-state index is 0.0225. The van der Waals surface area contributed by atoms with Crippen molar-refractivity contribution in [2.45, 2.75) is 65.8 Å². The van der Waals surface area contributed by atoms with E-state index in [1.165, 1.54) is 19.3 Å². The molecule has 0 bridgehead atoms. The summed E-state index contributed by atoms with van der Waals surface area (Å²) < 4.78 is 0. The van der Waals surface area contributed by atoms with Crippen LogP contribution in [0.5, 0.6) is 0 Å². The van der Waals surface area contributed by atoms with Crippen LogP contribution in [0.15, 0.2) is 0 Å². The van der Waals surface area contributed by atoms with Gasteiger partial charge in [-0.25, -0.2) is 0 Å². The molecule has 1 amide bonds. The first-order valence-corrected chi connectivity index (χ1v) is 7.03. The third-order valence-corrected chi connectivity index (χ3v) is 3.41. The maximum atomic E-state index is 11.7. The lowest BCUT2D eigenvalue weighted by molar-refractivity contribution is -0.121. The number of hydrogen-bond donors (Lipinski definition) is 2. The Morgan fingerprint density at radius 3 is 2.41 bits per heavy atom. The van der Waals surface area contributed by atoms with Crippen molar-refractivity contribution in [3.63, 3.8) is 0 Å². The lowest BCUT2D eigenvalue weighted by atomic mass is 9.98. The molecule has 17 heavy (non-hydrogen) atoms. The second kappa shape index (κ2) is 9.46. The molecule has 0 rings (SSSR count). The van der Waals surface area contributed by atoms with Gasteiger partial charge in [0.05, 0.1) is 0 Å². The zero-order valence-electron chi connectivity index (χ0n) is 12.0. The van der Waals surface area contributed by atoms with E-state index in [2.05, 4.69) is 19.2 Å². The van der Waals surface area contributed by atoms with Crippen LogP contribution in [0, 0.1) is 11.8 Å². The summed E-state index contributed by atoms with van der Waals surface area (Å²) in [5.74, 6) is 1.08. The average Bonchev–Trinajstić information content (AvgIpc) is 2.29. The number of carbonyl (C=O) groups excluding carboxylic acids is 1. The summed E-state index contributed by atoms with van der Waals surface area (Å²) in [4.78, 5) is 11.7. The smallest absolute Gasteiger partial charge is 0.221 e. The number of rotatable bonds is 9. The van der Waals surface area contributed by atoms with Crippen molar-refractivity contribution in [3.05, 3.63) is 0 Å². The molecule has 0 aromatic rings. The van der Waals surface area contributed by atoms with Crippen LogP contribution in [-0.2, 0) is 4.79 Å². The summed E-state index contributed by atoms with van der Waals surface area (Å²) in [6, 6.07) is -0.0225.